The summed E-state index contributed by atoms with van der Waals surface area (Å²) in [6.07, 6.45) is 4.58. The molecule has 4 rings (SSSR count). The van der Waals surface area contributed by atoms with E-state index in [1.165, 1.54) is 19.3 Å². The van der Waals surface area contributed by atoms with Gasteiger partial charge in [0.25, 0.3) is 0 Å². The number of hydrogen-bond donors (Lipinski definition) is 2. The Hall–Kier alpha value is -2.93. The van der Waals surface area contributed by atoms with E-state index in [9.17, 15) is 0 Å². The number of rotatable bonds is 6. The molecule has 2 heterocycles. The number of nitrogens with one attached hydrogen (secondary N) is 1. The second-order valence-corrected chi connectivity index (χ2v) is 7.92. The van der Waals surface area contributed by atoms with Crippen LogP contribution in [0.1, 0.15) is 37.3 Å². The number of piperidine rings is 1. The lowest BCUT2D eigenvalue weighted by Crippen LogP contribution is -2.36. The van der Waals surface area contributed by atoms with E-state index in [1.807, 2.05) is 30.3 Å². The van der Waals surface area contributed by atoms with Gasteiger partial charge in [-0.25, -0.2) is 0 Å². The number of anilines is 1. The summed E-state index contributed by atoms with van der Waals surface area (Å²) in [6.45, 7) is 4.01. The van der Waals surface area contributed by atoms with Crippen LogP contribution in [0.5, 0.6) is 17.2 Å². The molecule has 1 saturated heterocycles. The van der Waals surface area contributed by atoms with Crippen LogP contribution in [-0.2, 0) is 0 Å². The lowest BCUT2D eigenvalue weighted by molar-refractivity contribution is 0.165. The molecule has 2 aliphatic heterocycles. The van der Waals surface area contributed by atoms with Crippen LogP contribution in [0.4, 0.5) is 5.69 Å². The highest BCUT2D eigenvalue weighted by atomic mass is 16.5. The number of benzene rings is 2. The molecule has 2 aromatic carbocycles. The second-order valence-electron chi connectivity index (χ2n) is 7.92. The maximum Gasteiger partial charge on any atom is 0.193 e. The van der Waals surface area contributed by atoms with Crippen molar-refractivity contribution in [3.63, 3.8) is 0 Å². The summed E-state index contributed by atoms with van der Waals surface area (Å²) in [4.78, 5) is 7.18. The van der Waals surface area contributed by atoms with Crippen molar-refractivity contribution in [2.45, 2.75) is 31.7 Å². The van der Waals surface area contributed by atoms with E-state index >= 15 is 0 Å². The summed E-state index contributed by atoms with van der Waals surface area (Å²) in [5, 5.41) is 3.19. The first-order valence-corrected chi connectivity index (χ1v) is 11.1. The number of guanidine groups is 1. The van der Waals surface area contributed by atoms with E-state index in [4.69, 9.17) is 24.9 Å². The standard InChI is InChI=1S/C24H32N4O3/c1-29-21-9-4-3-8-19(21)20(28-12-5-2-6-13-28)17-26-24(25)27-18-10-11-22-23(16-18)31-15-7-14-30-22/h3-4,8-11,16,20H,2,5-7,12-15,17H2,1H3,(H3,25,26,27). The van der Waals surface area contributed by atoms with Gasteiger partial charge in [0.2, 0.25) is 0 Å². The van der Waals surface area contributed by atoms with Gasteiger partial charge in [0.05, 0.1) is 32.9 Å². The van der Waals surface area contributed by atoms with Crippen LogP contribution >= 0.6 is 0 Å². The molecule has 1 fully saturated rings. The third-order valence-electron chi connectivity index (χ3n) is 5.78. The van der Waals surface area contributed by atoms with E-state index in [0.29, 0.717) is 25.7 Å². The molecule has 7 heteroatoms. The van der Waals surface area contributed by atoms with Gasteiger partial charge in [-0.1, -0.05) is 24.6 Å². The number of methoxy groups -OCH3 is 1. The molecule has 1 unspecified atom stereocenters. The van der Waals surface area contributed by atoms with Crippen molar-refractivity contribution >= 4 is 11.6 Å². The Labute approximate surface area is 184 Å². The molecular formula is C24H32N4O3. The summed E-state index contributed by atoms with van der Waals surface area (Å²) >= 11 is 0. The van der Waals surface area contributed by atoms with Crippen molar-refractivity contribution in [3.05, 3.63) is 48.0 Å². The first kappa shape index (κ1) is 21.3. The molecular weight excluding hydrogens is 392 g/mol. The van der Waals surface area contributed by atoms with Gasteiger partial charge in [-0.15, -0.1) is 0 Å². The third-order valence-corrected chi connectivity index (χ3v) is 5.78. The predicted molar refractivity (Wildman–Crippen MR) is 123 cm³/mol. The number of aliphatic imine (C=N–C) groups is 1. The molecule has 7 nitrogen and oxygen atoms in total. The van der Waals surface area contributed by atoms with E-state index in [1.54, 1.807) is 7.11 Å². The Bertz CT molecular complexity index is 896. The van der Waals surface area contributed by atoms with Crippen molar-refractivity contribution in [2.24, 2.45) is 10.7 Å². The number of nitrogens with zero attached hydrogens (tertiary/aromatic N) is 2. The third kappa shape index (κ3) is 5.41. The van der Waals surface area contributed by atoms with Crippen LogP contribution in [0.3, 0.4) is 0 Å². The average molecular weight is 425 g/mol. The summed E-state index contributed by atoms with van der Waals surface area (Å²) in [6, 6.07) is 14.1. The van der Waals surface area contributed by atoms with Crippen molar-refractivity contribution in [3.8, 4) is 17.2 Å². The second kappa shape index (κ2) is 10.4. The monoisotopic (exact) mass is 424 g/mol. The molecule has 0 aromatic heterocycles. The molecule has 3 N–H and O–H groups in total. The number of para-hydroxylation sites is 1. The Morgan fingerprint density at radius 1 is 1.06 bits per heavy atom. The Balaban J connectivity index is 1.49. The molecule has 0 amide bonds. The zero-order valence-electron chi connectivity index (χ0n) is 18.2. The number of ether oxygens (including phenoxy) is 3. The van der Waals surface area contributed by atoms with Crippen LogP contribution in [0.15, 0.2) is 47.5 Å². The highest BCUT2D eigenvalue weighted by molar-refractivity contribution is 5.92. The first-order valence-electron chi connectivity index (χ1n) is 11.1. The van der Waals surface area contributed by atoms with Gasteiger partial charge in [0.15, 0.2) is 17.5 Å². The Morgan fingerprint density at radius 2 is 1.84 bits per heavy atom. The topological polar surface area (TPSA) is 81.3 Å². The normalized spacial score (nSPS) is 18.2. The lowest BCUT2D eigenvalue weighted by atomic mass is 10.0. The SMILES string of the molecule is COc1ccccc1C(CN=C(N)Nc1ccc2c(c1)OCCCO2)N1CCCCC1. The number of likely N-dealkylation sites (tertiary alicyclic amines) is 1. The van der Waals surface area contributed by atoms with Crippen LogP contribution in [0.2, 0.25) is 0 Å². The maximum atomic E-state index is 6.26. The van der Waals surface area contributed by atoms with Gasteiger partial charge in [0.1, 0.15) is 5.75 Å². The number of nitrogens with two attached hydrogens (primary N) is 1. The first-order chi connectivity index (χ1) is 15.2. The molecule has 0 saturated carbocycles. The van der Waals surface area contributed by atoms with Gasteiger partial charge in [-0.05, 0) is 44.1 Å². The number of fused-ring (bicyclic) bond motifs is 1. The van der Waals surface area contributed by atoms with Crippen LogP contribution in [0.25, 0.3) is 0 Å². The van der Waals surface area contributed by atoms with Crippen molar-refractivity contribution in [1.82, 2.24) is 4.90 Å². The van der Waals surface area contributed by atoms with Crippen molar-refractivity contribution < 1.29 is 14.2 Å². The predicted octanol–water partition coefficient (Wildman–Crippen LogP) is 3.81. The fraction of sp³-hybridized carbons (Fsp3) is 0.458. The molecule has 2 aliphatic rings. The minimum Gasteiger partial charge on any atom is -0.496 e. The van der Waals surface area contributed by atoms with E-state index in [0.717, 1.165) is 48.0 Å². The van der Waals surface area contributed by atoms with Gasteiger partial charge in [0, 0.05) is 23.7 Å². The summed E-state index contributed by atoms with van der Waals surface area (Å²) < 4.78 is 17.1. The van der Waals surface area contributed by atoms with Gasteiger partial charge in [-0.3, -0.25) is 9.89 Å². The molecule has 0 bridgehead atoms. The Kier molecular flexibility index (Phi) is 7.14. The van der Waals surface area contributed by atoms with E-state index in [-0.39, 0.29) is 6.04 Å². The quantitative estimate of drug-likeness (QED) is 0.542. The molecule has 1 atom stereocenters. The summed E-state index contributed by atoms with van der Waals surface area (Å²) in [5.41, 5.74) is 8.24. The molecule has 166 valence electrons. The minimum atomic E-state index is 0.126. The van der Waals surface area contributed by atoms with Crippen LogP contribution in [-0.4, -0.2) is 50.8 Å². The van der Waals surface area contributed by atoms with Crippen molar-refractivity contribution in [2.75, 3.05) is 45.3 Å². The molecule has 2 aromatic rings. The molecule has 0 spiro atoms. The fourth-order valence-corrected chi connectivity index (χ4v) is 4.20. The fourth-order valence-electron chi connectivity index (χ4n) is 4.20. The van der Waals surface area contributed by atoms with Gasteiger partial charge < -0.3 is 25.3 Å². The van der Waals surface area contributed by atoms with Gasteiger partial charge >= 0.3 is 0 Å². The summed E-state index contributed by atoms with van der Waals surface area (Å²) in [7, 11) is 1.72. The highest BCUT2D eigenvalue weighted by Crippen LogP contribution is 2.33. The maximum absolute atomic E-state index is 6.26. The smallest absolute Gasteiger partial charge is 0.193 e. The Morgan fingerprint density at radius 3 is 2.65 bits per heavy atom. The highest BCUT2D eigenvalue weighted by Gasteiger charge is 2.24. The average Bonchev–Trinajstić information content (AvgIpc) is 3.05. The zero-order chi connectivity index (χ0) is 21.5. The molecule has 31 heavy (non-hydrogen) atoms. The summed E-state index contributed by atoms with van der Waals surface area (Å²) in [5.74, 6) is 2.77. The number of hydrogen-bond acceptors (Lipinski definition) is 5. The van der Waals surface area contributed by atoms with Crippen LogP contribution < -0.4 is 25.3 Å². The molecule has 0 aliphatic carbocycles. The largest absolute Gasteiger partial charge is 0.496 e. The zero-order valence-corrected chi connectivity index (χ0v) is 18.2. The lowest BCUT2D eigenvalue weighted by Gasteiger charge is -2.34. The van der Waals surface area contributed by atoms with Gasteiger partial charge in [-0.2, -0.15) is 0 Å². The minimum absolute atomic E-state index is 0.126. The van der Waals surface area contributed by atoms with Crippen LogP contribution in [0, 0.1) is 0 Å². The van der Waals surface area contributed by atoms with E-state index in [2.05, 4.69) is 22.3 Å². The molecule has 0 radical (unpaired) electrons. The van der Waals surface area contributed by atoms with Crippen molar-refractivity contribution in [1.29, 1.82) is 0 Å². The van der Waals surface area contributed by atoms with E-state index < -0.39 is 0 Å².